The van der Waals surface area contributed by atoms with Crippen LogP contribution in [-0.4, -0.2) is 6.29 Å². The van der Waals surface area contributed by atoms with Gasteiger partial charge in [-0.15, -0.1) is 0 Å². The summed E-state index contributed by atoms with van der Waals surface area (Å²) >= 11 is 0. The molecule has 1 nitrogen and oxygen atoms in total. The summed E-state index contributed by atoms with van der Waals surface area (Å²) in [4.78, 5) is 10.9. The van der Waals surface area contributed by atoms with Crippen molar-refractivity contribution in [2.75, 3.05) is 0 Å². The third-order valence-electron chi connectivity index (χ3n) is 2.70. The van der Waals surface area contributed by atoms with Gasteiger partial charge in [0.2, 0.25) is 0 Å². The fraction of sp³-hybridized carbons (Fsp3) is 0.0714. The van der Waals surface area contributed by atoms with E-state index in [1.54, 1.807) is 13.0 Å². The van der Waals surface area contributed by atoms with Gasteiger partial charge in [0.05, 0.1) is 0 Å². The second-order valence-electron chi connectivity index (χ2n) is 3.76. The Morgan fingerprint density at radius 3 is 2.53 bits per heavy atom. The van der Waals surface area contributed by atoms with E-state index in [0.717, 1.165) is 0 Å². The average molecular weight is 232 g/mol. The Hall–Kier alpha value is -2.03. The molecular weight excluding hydrogens is 222 g/mol. The molecule has 0 heterocycles. The van der Waals surface area contributed by atoms with E-state index in [0.29, 0.717) is 28.5 Å². The number of hydrogen-bond acceptors (Lipinski definition) is 1. The van der Waals surface area contributed by atoms with Crippen molar-refractivity contribution in [2.24, 2.45) is 0 Å². The second-order valence-corrected chi connectivity index (χ2v) is 3.76. The molecule has 3 heteroatoms. The molecular formula is C14H10F2O. The highest BCUT2D eigenvalue weighted by molar-refractivity contribution is 5.88. The summed E-state index contributed by atoms with van der Waals surface area (Å²) in [5, 5.41) is 0. The van der Waals surface area contributed by atoms with Crippen LogP contribution in [0.2, 0.25) is 0 Å². The zero-order chi connectivity index (χ0) is 12.4. The zero-order valence-electron chi connectivity index (χ0n) is 9.21. The molecule has 0 aromatic heterocycles. The molecule has 0 saturated heterocycles. The van der Waals surface area contributed by atoms with Gasteiger partial charge in [-0.05, 0) is 47.9 Å². The van der Waals surface area contributed by atoms with E-state index in [1.165, 1.54) is 30.3 Å². The van der Waals surface area contributed by atoms with E-state index in [-0.39, 0.29) is 5.82 Å². The molecule has 0 aliphatic carbocycles. The maximum absolute atomic E-state index is 13.4. The summed E-state index contributed by atoms with van der Waals surface area (Å²) < 4.78 is 26.6. The maximum Gasteiger partial charge on any atom is 0.150 e. The highest BCUT2D eigenvalue weighted by Crippen LogP contribution is 2.28. The van der Waals surface area contributed by atoms with Crippen molar-refractivity contribution in [3.8, 4) is 11.1 Å². The van der Waals surface area contributed by atoms with E-state index >= 15 is 0 Å². The van der Waals surface area contributed by atoms with Crippen molar-refractivity contribution in [2.45, 2.75) is 6.92 Å². The van der Waals surface area contributed by atoms with Crippen molar-refractivity contribution in [3.05, 3.63) is 59.2 Å². The van der Waals surface area contributed by atoms with Crippen molar-refractivity contribution in [1.82, 2.24) is 0 Å². The first kappa shape index (κ1) is 11.5. The van der Waals surface area contributed by atoms with Crippen molar-refractivity contribution >= 4 is 6.29 Å². The number of rotatable bonds is 2. The van der Waals surface area contributed by atoms with Gasteiger partial charge in [0, 0.05) is 5.56 Å². The molecule has 0 N–H and O–H groups in total. The SMILES string of the molecule is Cc1c(F)cccc1-c1cc(F)ccc1C=O. The predicted molar refractivity (Wildman–Crippen MR) is 61.9 cm³/mol. The number of carbonyl (C=O) groups is 1. The largest absolute Gasteiger partial charge is 0.298 e. The molecule has 0 amide bonds. The first-order valence-electron chi connectivity index (χ1n) is 5.13. The van der Waals surface area contributed by atoms with Crippen LogP contribution < -0.4 is 0 Å². The predicted octanol–water partition coefficient (Wildman–Crippen LogP) is 3.75. The first-order chi connectivity index (χ1) is 8.13. The Morgan fingerprint density at radius 1 is 1.06 bits per heavy atom. The standard InChI is InChI=1S/C14H10F2O/c1-9-12(3-2-4-14(9)16)13-7-11(15)6-5-10(13)8-17/h2-8H,1H3. The van der Waals surface area contributed by atoms with Crippen molar-refractivity contribution < 1.29 is 13.6 Å². The molecule has 2 aromatic carbocycles. The molecule has 0 unspecified atom stereocenters. The Morgan fingerprint density at radius 2 is 1.82 bits per heavy atom. The average Bonchev–Trinajstić information content (AvgIpc) is 2.33. The van der Waals surface area contributed by atoms with E-state index < -0.39 is 5.82 Å². The summed E-state index contributed by atoms with van der Waals surface area (Å²) in [5.74, 6) is -0.821. The Balaban J connectivity index is 2.71. The van der Waals surface area contributed by atoms with Crippen LogP contribution in [0.1, 0.15) is 15.9 Å². The van der Waals surface area contributed by atoms with E-state index in [1.807, 2.05) is 0 Å². The normalized spacial score (nSPS) is 10.3. The minimum atomic E-state index is -0.450. The minimum absolute atomic E-state index is 0.347. The van der Waals surface area contributed by atoms with Gasteiger partial charge in [0.25, 0.3) is 0 Å². The fourth-order valence-corrected chi connectivity index (χ4v) is 1.76. The number of halogens is 2. The Bertz CT molecular complexity index is 576. The number of carbonyl (C=O) groups excluding carboxylic acids is 1. The summed E-state index contributed by atoms with van der Waals surface area (Å²) in [6.45, 7) is 1.60. The van der Waals surface area contributed by atoms with Gasteiger partial charge >= 0.3 is 0 Å². The third kappa shape index (κ3) is 2.09. The minimum Gasteiger partial charge on any atom is -0.298 e. The highest BCUT2D eigenvalue weighted by atomic mass is 19.1. The molecule has 0 aliphatic rings. The van der Waals surface area contributed by atoms with Crippen molar-refractivity contribution in [3.63, 3.8) is 0 Å². The first-order valence-corrected chi connectivity index (χ1v) is 5.13. The molecule has 0 fully saturated rings. The van der Waals surface area contributed by atoms with Gasteiger partial charge in [-0.1, -0.05) is 12.1 Å². The molecule has 0 bridgehead atoms. The topological polar surface area (TPSA) is 17.1 Å². The van der Waals surface area contributed by atoms with Crippen LogP contribution in [0.3, 0.4) is 0 Å². The monoisotopic (exact) mass is 232 g/mol. The highest BCUT2D eigenvalue weighted by Gasteiger charge is 2.10. The third-order valence-corrected chi connectivity index (χ3v) is 2.70. The Labute approximate surface area is 97.7 Å². The second kappa shape index (κ2) is 4.45. The van der Waals surface area contributed by atoms with Crippen molar-refractivity contribution in [1.29, 1.82) is 0 Å². The summed E-state index contributed by atoms with van der Waals surface area (Å²) in [6.07, 6.45) is 0.638. The summed E-state index contributed by atoms with van der Waals surface area (Å²) in [5.41, 5.74) is 1.70. The lowest BCUT2D eigenvalue weighted by molar-refractivity contribution is 0.112. The smallest absolute Gasteiger partial charge is 0.150 e. The van der Waals surface area contributed by atoms with E-state index in [2.05, 4.69) is 0 Å². The van der Waals surface area contributed by atoms with E-state index in [9.17, 15) is 13.6 Å². The molecule has 0 spiro atoms. The number of benzene rings is 2. The zero-order valence-corrected chi connectivity index (χ0v) is 9.21. The van der Waals surface area contributed by atoms with Gasteiger partial charge in [0.1, 0.15) is 11.6 Å². The lowest BCUT2D eigenvalue weighted by atomic mass is 9.96. The number of aldehydes is 1. The van der Waals surface area contributed by atoms with Crippen LogP contribution >= 0.6 is 0 Å². The molecule has 86 valence electrons. The Kier molecular flexibility index (Phi) is 3.00. The van der Waals surface area contributed by atoms with Crippen LogP contribution in [0, 0.1) is 18.6 Å². The summed E-state index contributed by atoms with van der Waals surface area (Å²) in [6, 6.07) is 8.38. The van der Waals surface area contributed by atoms with Gasteiger partial charge < -0.3 is 0 Å². The van der Waals surface area contributed by atoms with Gasteiger partial charge in [-0.3, -0.25) is 4.79 Å². The number of hydrogen-bond donors (Lipinski definition) is 0. The molecule has 0 aliphatic heterocycles. The molecule has 0 radical (unpaired) electrons. The lowest BCUT2D eigenvalue weighted by Gasteiger charge is -2.09. The quantitative estimate of drug-likeness (QED) is 0.720. The van der Waals surface area contributed by atoms with Crippen LogP contribution in [0.25, 0.3) is 11.1 Å². The van der Waals surface area contributed by atoms with Gasteiger partial charge in [-0.2, -0.15) is 0 Å². The maximum atomic E-state index is 13.4. The molecule has 0 saturated carbocycles. The van der Waals surface area contributed by atoms with Crippen LogP contribution in [0.4, 0.5) is 8.78 Å². The lowest BCUT2D eigenvalue weighted by Crippen LogP contribution is -1.93. The molecule has 0 atom stereocenters. The van der Waals surface area contributed by atoms with Gasteiger partial charge in [0.15, 0.2) is 6.29 Å². The summed E-state index contributed by atoms with van der Waals surface area (Å²) in [7, 11) is 0. The van der Waals surface area contributed by atoms with Crippen LogP contribution in [0.5, 0.6) is 0 Å². The fourth-order valence-electron chi connectivity index (χ4n) is 1.76. The van der Waals surface area contributed by atoms with E-state index in [4.69, 9.17) is 0 Å². The molecule has 2 aromatic rings. The van der Waals surface area contributed by atoms with Gasteiger partial charge in [-0.25, -0.2) is 8.78 Å². The molecule has 17 heavy (non-hydrogen) atoms. The van der Waals surface area contributed by atoms with Crippen LogP contribution in [-0.2, 0) is 0 Å². The van der Waals surface area contributed by atoms with Crippen LogP contribution in [0.15, 0.2) is 36.4 Å². The molecule has 2 rings (SSSR count).